The highest BCUT2D eigenvalue weighted by Crippen LogP contribution is 2.30. The summed E-state index contributed by atoms with van der Waals surface area (Å²) in [4.78, 5) is 10.8. The van der Waals surface area contributed by atoms with Crippen LogP contribution in [-0.2, 0) is 0 Å². The van der Waals surface area contributed by atoms with Gasteiger partial charge in [-0.3, -0.25) is 0 Å². The maximum Gasteiger partial charge on any atom is 0.371 e. The Morgan fingerprint density at radius 1 is 1.26 bits per heavy atom. The van der Waals surface area contributed by atoms with Crippen molar-refractivity contribution in [3.63, 3.8) is 0 Å². The molecule has 0 aliphatic heterocycles. The molecule has 0 saturated carbocycles. The molecule has 0 atom stereocenters. The summed E-state index contributed by atoms with van der Waals surface area (Å²) < 4.78 is 5.23. The molecule has 0 saturated heterocycles. The summed E-state index contributed by atoms with van der Waals surface area (Å²) in [6, 6.07) is 9.15. The van der Waals surface area contributed by atoms with E-state index in [-0.39, 0.29) is 5.76 Å². The third kappa shape index (κ3) is 2.78. The molecule has 19 heavy (non-hydrogen) atoms. The highest BCUT2D eigenvalue weighted by atomic mass is 16.4. The summed E-state index contributed by atoms with van der Waals surface area (Å²) in [7, 11) is 0. The van der Waals surface area contributed by atoms with Gasteiger partial charge in [0.15, 0.2) is 5.88 Å². The largest absolute Gasteiger partial charge is 0.475 e. The van der Waals surface area contributed by atoms with Crippen LogP contribution in [0.15, 0.2) is 34.7 Å². The van der Waals surface area contributed by atoms with Crippen molar-refractivity contribution in [3.8, 4) is 0 Å². The monoisotopic (exact) mass is 259 g/mol. The molecule has 0 aliphatic carbocycles. The molecule has 2 N–H and O–H groups in total. The summed E-state index contributed by atoms with van der Waals surface area (Å²) in [6.07, 6.45) is 0. The van der Waals surface area contributed by atoms with Crippen molar-refractivity contribution in [2.24, 2.45) is 0 Å². The zero-order valence-electron chi connectivity index (χ0n) is 11.2. The highest BCUT2D eigenvalue weighted by molar-refractivity contribution is 5.85. The SMILES string of the molecule is Cc1cccc(C(C)C)c1Nc1ccc(C(=O)O)o1. The predicted molar refractivity (Wildman–Crippen MR) is 74.2 cm³/mol. The molecular weight excluding hydrogens is 242 g/mol. The molecule has 100 valence electrons. The third-order valence-electron chi connectivity index (χ3n) is 2.99. The smallest absolute Gasteiger partial charge is 0.371 e. The average molecular weight is 259 g/mol. The number of furan rings is 1. The second-order valence-corrected chi connectivity index (χ2v) is 4.79. The number of aryl methyl sites for hydroxylation is 1. The zero-order valence-corrected chi connectivity index (χ0v) is 11.2. The Labute approximate surface area is 112 Å². The quantitative estimate of drug-likeness (QED) is 0.865. The van der Waals surface area contributed by atoms with Gasteiger partial charge in [0.2, 0.25) is 5.76 Å². The number of hydrogen-bond donors (Lipinski definition) is 2. The number of carbonyl (C=O) groups is 1. The number of aromatic carboxylic acids is 1. The van der Waals surface area contributed by atoms with Crippen LogP contribution in [0.1, 0.15) is 41.4 Å². The molecule has 1 aromatic carbocycles. The molecular formula is C15H17NO3. The normalized spacial score (nSPS) is 10.7. The molecule has 4 heteroatoms. The Kier molecular flexibility index (Phi) is 3.60. The Morgan fingerprint density at radius 2 is 2.00 bits per heavy atom. The Balaban J connectivity index is 2.34. The van der Waals surface area contributed by atoms with E-state index >= 15 is 0 Å². The van der Waals surface area contributed by atoms with Gasteiger partial charge >= 0.3 is 5.97 Å². The second kappa shape index (κ2) is 5.18. The van der Waals surface area contributed by atoms with E-state index in [0.29, 0.717) is 11.8 Å². The summed E-state index contributed by atoms with van der Waals surface area (Å²) in [6.45, 7) is 6.24. The van der Waals surface area contributed by atoms with Crippen LogP contribution >= 0.6 is 0 Å². The first-order chi connectivity index (χ1) is 8.99. The molecule has 2 rings (SSSR count). The summed E-state index contributed by atoms with van der Waals surface area (Å²) in [5.74, 6) is -0.325. The minimum atomic E-state index is -1.07. The molecule has 2 aromatic rings. The number of para-hydroxylation sites is 1. The lowest BCUT2D eigenvalue weighted by Gasteiger charge is -2.15. The molecule has 0 amide bonds. The topological polar surface area (TPSA) is 62.5 Å². The molecule has 1 aromatic heterocycles. The highest BCUT2D eigenvalue weighted by Gasteiger charge is 2.13. The molecule has 0 bridgehead atoms. The van der Waals surface area contributed by atoms with Crippen molar-refractivity contribution in [3.05, 3.63) is 47.2 Å². The van der Waals surface area contributed by atoms with Crippen LogP contribution in [0.25, 0.3) is 0 Å². The van der Waals surface area contributed by atoms with Crippen molar-refractivity contribution < 1.29 is 14.3 Å². The third-order valence-corrected chi connectivity index (χ3v) is 2.99. The van der Waals surface area contributed by atoms with Crippen LogP contribution in [0.3, 0.4) is 0 Å². The van der Waals surface area contributed by atoms with Crippen molar-refractivity contribution in [2.45, 2.75) is 26.7 Å². The number of anilines is 2. The van der Waals surface area contributed by atoms with Crippen molar-refractivity contribution in [1.82, 2.24) is 0 Å². The molecule has 1 heterocycles. The van der Waals surface area contributed by atoms with Crippen molar-refractivity contribution in [2.75, 3.05) is 5.32 Å². The summed E-state index contributed by atoms with van der Waals surface area (Å²) in [5, 5.41) is 12.0. The number of benzene rings is 1. The standard InChI is InChI=1S/C15H17NO3/c1-9(2)11-6-4-5-10(3)14(11)16-13-8-7-12(19-13)15(17)18/h4-9,16H,1-3H3,(H,17,18). The molecule has 4 nitrogen and oxygen atoms in total. The first-order valence-electron chi connectivity index (χ1n) is 6.18. The lowest BCUT2D eigenvalue weighted by molar-refractivity contribution is 0.0663. The molecule has 0 spiro atoms. The van der Waals surface area contributed by atoms with Gasteiger partial charge in [-0.05, 0) is 30.0 Å². The van der Waals surface area contributed by atoms with Crippen LogP contribution in [0.2, 0.25) is 0 Å². The molecule has 0 radical (unpaired) electrons. The lowest BCUT2D eigenvalue weighted by atomic mass is 9.98. The molecule has 0 fully saturated rings. The van der Waals surface area contributed by atoms with Crippen LogP contribution < -0.4 is 5.32 Å². The van der Waals surface area contributed by atoms with Crippen molar-refractivity contribution >= 4 is 17.5 Å². The minimum Gasteiger partial charge on any atom is -0.475 e. The van der Waals surface area contributed by atoms with Gasteiger partial charge in [0.25, 0.3) is 0 Å². The van der Waals surface area contributed by atoms with E-state index < -0.39 is 5.97 Å². The van der Waals surface area contributed by atoms with Gasteiger partial charge in [0.05, 0.1) is 0 Å². The maximum absolute atomic E-state index is 10.8. The van der Waals surface area contributed by atoms with E-state index in [9.17, 15) is 4.79 Å². The van der Waals surface area contributed by atoms with E-state index in [1.807, 2.05) is 19.1 Å². The van der Waals surface area contributed by atoms with Gasteiger partial charge in [-0.25, -0.2) is 4.79 Å². The fourth-order valence-electron chi connectivity index (χ4n) is 1.99. The van der Waals surface area contributed by atoms with Gasteiger partial charge < -0.3 is 14.8 Å². The summed E-state index contributed by atoms with van der Waals surface area (Å²) >= 11 is 0. The number of carboxylic acid groups (broad SMARTS) is 1. The Bertz CT molecular complexity index is 599. The van der Waals surface area contributed by atoms with E-state index in [4.69, 9.17) is 9.52 Å². The first kappa shape index (κ1) is 13.2. The van der Waals surface area contributed by atoms with Crippen molar-refractivity contribution in [1.29, 1.82) is 0 Å². The summed E-state index contributed by atoms with van der Waals surface area (Å²) in [5.41, 5.74) is 3.25. The van der Waals surface area contributed by atoms with Crippen LogP contribution in [0.4, 0.5) is 11.6 Å². The number of hydrogen-bond acceptors (Lipinski definition) is 3. The van der Waals surface area contributed by atoms with E-state index in [0.717, 1.165) is 11.3 Å². The average Bonchev–Trinajstić information content (AvgIpc) is 2.80. The Morgan fingerprint density at radius 3 is 2.58 bits per heavy atom. The fraction of sp³-hybridized carbons (Fsp3) is 0.267. The number of rotatable bonds is 4. The van der Waals surface area contributed by atoms with Gasteiger partial charge in [0.1, 0.15) is 0 Å². The van der Waals surface area contributed by atoms with E-state index in [2.05, 4.69) is 25.2 Å². The Hall–Kier alpha value is -2.23. The number of carboxylic acids is 1. The predicted octanol–water partition coefficient (Wildman–Crippen LogP) is 4.15. The minimum absolute atomic E-state index is 0.0674. The number of nitrogens with one attached hydrogen (secondary N) is 1. The zero-order chi connectivity index (χ0) is 14.0. The van der Waals surface area contributed by atoms with Crippen LogP contribution in [0, 0.1) is 6.92 Å². The van der Waals surface area contributed by atoms with Gasteiger partial charge in [-0.15, -0.1) is 0 Å². The van der Waals surface area contributed by atoms with Crippen LogP contribution in [-0.4, -0.2) is 11.1 Å². The molecule has 0 aliphatic rings. The fourth-order valence-corrected chi connectivity index (χ4v) is 1.99. The maximum atomic E-state index is 10.8. The van der Waals surface area contributed by atoms with E-state index in [1.54, 1.807) is 6.07 Å². The van der Waals surface area contributed by atoms with E-state index in [1.165, 1.54) is 11.6 Å². The van der Waals surface area contributed by atoms with Gasteiger partial charge in [-0.1, -0.05) is 32.0 Å². The van der Waals surface area contributed by atoms with Gasteiger partial charge in [0, 0.05) is 11.8 Å². The van der Waals surface area contributed by atoms with Gasteiger partial charge in [-0.2, -0.15) is 0 Å². The molecule has 0 unspecified atom stereocenters. The van der Waals surface area contributed by atoms with Crippen LogP contribution in [0.5, 0.6) is 0 Å². The lowest BCUT2D eigenvalue weighted by Crippen LogP contribution is -1.99. The first-order valence-corrected chi connectivity index (χ1v) is 6.18. The second-order valence-electron chi connectivity index (χ2n) is 4.79.